The molecule has 2 aromatic rings. The molecule has 0 amide bonds. The molecule has 0 bridgehead atoms. The van der Waals surface area contributed by atoms with Gasteiger partial charge < -0.3 is 16.0 Å². The second kappa shape index (κ2) is 11.9. The average Bonchev–Trinajstić information content (AvgIpc) is 2.74. The van der Waals surface area contributed by atoms with Crippen molar-refractivity contribution in [1.82, 2.24) is 15.3 Å². The van der Waals surface area contributed by atoms with E-state index in [-0.39, 0.29) is 5.78 Å². The molecule has 0 saturated heterocycles. The highest BCUT2D eigenvalue weighted by Gasteiger charge is 2.09. The normalized spacial score (nSPS) is 11.2. The number of hydrogen-bond acceptors (Lipinski definition) is 8. The summed E-state index contributed by atoms with van der Waals surface area (Å²) < 4.78 is 0. The number of Topliss-reactive ketones (excluding diaryl/α,β-unsaturated/α-hetero) is 1. The average molecular weight is 403 g/mol. The Morgan fingerprint density at radius 1 is 1.40 bits per heavy atom. The van der Waals surface area contributed by atoms with Gasteiger partial charge in [-0.1, -0.05) is 24.3 Å². The van der Waals surface area contributed by atoms with Crippen molar-refractivity contribution in [3.63, 3.8) is 0 Å². The van der Waals surface area contributed by atoms with Gasteiger partial charge in [0.25, 0.3) is 0 Å². The van der Waals surface area contributed by atoms with E-state index in [9.17, 15) is 4.79 Å². The van der Waals surface area contributed by atoms with Crippen LogP contribution in [0.5, 0.6) is 0 Å². The first-order valence-electron chi connectivity index (χ1n) is 9.41. The minimum Gasteiger partial charge on any atom is -0.338 e. The number of nitrogens with zero attached hydrogens (tertiary/aromatic N) is 3. The van der Waals surface area contributed by atoms with Crippen LogP contribution in [0.1, 0.15) is 30.1 Å². The number of carbonyl (C=O) groups excluding carboxylic acids is 1. The maximum Gasteiger partial charge on any atom is 0.229 e. The quantitative estimate of drug-likeness (QED) is 0.144. The molecule has 0 aliphatic carbocycles. The summed E-state index contributed by atoms with van der Waals surface area (Å²) in [5, 5.41) is 12.9. The van der Waals surface area contributed by atoms with Gasteiger partial charge in [-0.2, -0.15) is 10.1 Å². The summed E-state index contributed by atoms with van der Waals surface area (Å²) in [6.45, 7) is 2.32. The minimum atomic E-state index is -0.0274. The maximum absolute atomic E-state index is 11.6. The van der Waals surface area contributed by atoms with Crippen molar-refractivity contribution in [3.8, 4) is 12.3 Å². The molecule has 30 heavy (non-hydrogen) atoms. The number of allylic oxidation sites excluding steroid dienone is 2. The van der Waals surface area contributed by atoms with E-state index in [4.69, 9.17) is 12.0 Å². The number of aromatic nitrogens is 2. The van der Waals surface area contributed by atoms with Gasteiger partial charge in [0.15, 0.2) is 11.6 Å². The zero-order chi connectivity index (χ0) is 21.8. The smallest absolute Gasteiger partial charge is 0.229 e. The van der Waals surface area contributed by atoms with Crippen LogP contribution in [0.4, 0.5) is 23.1 Å². The van der Waals surface area contributed by atoms with Crippen LogP contribution in [0.2, 0.25) is 0 Å². The molecule has 8 heteroatoms. The second-order valence-electron chi connectivity index (χ2n) is 6.29. The molecule has 0 atom stereocenters. The lowest BCUT2D eigenvalue weighted by molar-refractivity contribution is 0.101. The summed E-state index contributed by atoms with van der Waals surface area (Å²) in [6, 6.07) is 7.07. The molecule has 4 N–H and O–H groups in total. The fraction of sp³-hybridized carbons (Fsp3) is 0.227. The summed E-state index contributed by atoms with van der Waals surface area (Å²) in [4.78, 5) is 20.2. The maximum atomic E-state index is 11.6. The lowest BCUT2D eigenvalue weighted by Gasteiger charge is -2.11. The lowest BCUT2D eigenvalue weighted by atomic mass is 10.1. The number of ketones is 1. The van der Waals surface area contributed by atoms with Crippen molar-refractivity contribution in [2.24, 2.45) is 5.11 Å². The first-order chi connectivity index (χ1) is 14.6. The number of carbonyl (C=O) groups is 1. The molecule has 0 radical (unpaired) electrons. The summed E-state index contributed by atoms with van der Waals surface area (Å²) in [5.41, 5.74) is 9.76. The van der Waals surface area contributed by atoms with Crippen LogP contribution in [0.15, 0.2) is 59.5 Å². The fourth-order valence-corrected chi connectivity index (χ4v) is 2.48. The van der Waals surface area contributed by atoms with E-state index in [0.717, 1.165) is 18.7 Å². The van der Waals surface area contributed by atoms with Gasteiger partial charge in [-0.05, 0) is 45.1 Å². The van der Waals surface area contributed by atoms with Crippen LogP contribution < -0.4 is 16.0 Å². The molecule has 0 fully saturated rings. The molecule has 154 valence electrons. The van der Waals surface area contributed by atoms with Crippen LogP contribution >= 0.6 is 0 Å². The Morgan fingerprint density at radius 3 is 2.93 bits per heavy atom. The predicted octanol–water partition coefficient (Wildman–Crippen LogP) is 4.57. The molecule has 1 aromatic heterocycles. The molecule has 0 spiro atoms. The number of rotatable bonds is 11. The monoisotopic (exact) mass is 403 g/mol. The van der Waals surface area contributed by atoms with E-state index in [1.165, 1.54) is 13.1 Å². The molecule has 0 unspecified atom stereocenters. The van der Waals surface area contributed by atoms with Crippen molar-refractivity contribution in [3.05, 3.63) is 60.0 Å². The largest absolute Gasteiger partial charge is 0.338 e. The van der Waals surface area contributed by atoms with Crippen molar-refractivity contribution in [1.29, 1.82) is 5.53 Å². The van der Waals surface area contributed by atoms with Gasteiger partial charge in [0.1, 0.15) is 5.69 Å². The molecular weight excluding hydrogens is 378 g/mol. The highest BCUT2D eigenvalue weighted by atomic mass is 16.1. The summed E-state index contributed by atoms with van der Waals surface area (Å²) in [7, 11) is 1.88. The Labute approximate surface area is 176 Å². The first-order valence-corrected chi connectivity index (χ1v) is 9.41. The molecule has 0 saturated carbocycles. The number of nitrogens with one attached hydrogen (secondary N) is 4. The van der Waals surface area contributed by atoms with E-state index in [2.05, 4.69) is 37.0 Å². The third-order valence-corrected chi connectivity index (χ3v) is 3.97. The van der Waals surface area contributed by atoms with Crippen molar-refractivity contribution < 1.29 is 4.79 Å². The zero-order valence-corrected chi connectivity index (χ0v) is 17.1. The van der Waals surface area contributed by atoms with Crippen LogP contribution in [0.25, 0.3) is 0 Å². The molecule has 2 rings (SSSR count). The van der Waals surface area contributed by atoms with E-state index in [1.807, 2.05) is 31.3 Å². The Bertz CT molecular complexity index is 989. The third kappa shape index (κ3) is 6.96. The fourth-order valence-electron chi connectivity index (χ4n) is 2.48. The molecule has 8 nitrogen and oxygen atoms in total. The standard InChI is InChI=1S/C22H25N7O/c1-4-5-6-10-18(12-8-13-24-3)26-21-20(29-23)15-25-22(28-21)27-19-11-7-9-17(14-19)16(2)30/h1,6-7,9-12,14-15,23-24H,5,8,13H2,2-3H3,(H2,25,26,27,28)/b10-6-,18-12+,29-23?. The van der Waals surface area contributed by atoms with Gasteiger partial charge in [0.05, 0.1) is 6.20 Å². The summed E-state index contributed by atoms with van der Waals surface area (Å²) >= 11 is 0. The Balaban J connectivity index is 2.28. The Hall–Kier alpha value is -3.83. The number of terminal acetylenes is 1. The molecule has 0 aliphatic heterocycles. The molecular formula is C22H25N7O. The van der Waals surface area contributed by atoms with Gasteiger partial charge in [0.2, 0.25) is 5.95 Å². The van der Waals surface area contributed by atoms with Gasteiger partial charge >= 0.3 is 0 Å². The number of anilines is 3. The summed E-state index contributed by atoms with van der Waals surface area (Å²) in [5.74, 6) is 3.23. The van der Waals surface area contributed by atoms with Crippen molar-refractivity contribution >= 4 is 28.9 Å². The van der Waals surface area contributed by atoms with E-state index in [1.54, 1.807) is 18.2 Å². The topological polar surface area (TPSA) is 115 Å². The van der Waals surface area contributed by atoms with Crippen LogP contribution in [0, 0.1) is 17.9 Å². The molecule has 0 aliphatic rings. The van der Waals surface area contributed by atoms with E-state index < -0.39 is 0 Å². The minimum absolute atomic E-state index is 0.0274. The van der Waals surface area contributed by atoms with Gasteiger partial charge in [-0.25, -0.2) is 10.5 Å². The Morgan fingerprint density at radius 2 is 2.23 bits per heavy atom. The Kier molecular flexibility index (Phi) is 8.90. The second-order valence-corrected chi connectivity index (χ2v) is 6.29. The predicted molar refractivity (Wildman–Crippen MR) is 119 cm³/mol. The van der Waals surface area contributed by atoms with Gasteiger partial charge in [-0.15, -0.1) is 12.3 Å². The van der Waals surface area contributed by atoms with Gasteiger partial charge in [0, 0.05) is 23.4 Å². The van der Waals surface area contributed by atoms with Crippen LogP contribution in [-0.4, -0.2) is 29.3 Å². The molecule has 1 aromatic carbocycles. The number of benzene rings is 1. The van der Waals surface area contributed by atoms with E-state index in [0.29, 0.717) is 35.1 Å². The van der Waals surface area contributed by atoms with Crippen LogP contribution in [-0.2, 0) is 0 Å². The van der Waals surface area contributed by atoms with Gasteiger partial charge in [-0.3, -0.25) is 4.79 Å². The zero-order valence-electron chi connectivity index (χ0n) is 17.1. The first kappa shape index (κ1) is 22.5. The summed E-state index contributed by atoms with van der Waals surface area (Å²) in [6.07, 6.45) is 13.8. The van der Waals surface area contributed by atoms with E-state index >= 15 is 0 Å². The van der Waals surface area contributed by atoms with Crippen LogP contribution in [0.3, 0.4) is 0 Å². The lowest BCUT2D eigenvalue weighted by Crippen LogP contribution is -2.08. The highest BCUT2D eigenvalue weighted by molar-refractivity contribution is 5.95. The molecule has 1 heterocycles. The van der Waals surface area contributed by atoms with Crippen molar-refractivity contribution in [2.75, 3.05) is 24.2 Å². The highest BCUT2D eigenvalue weighted by Crippen LogP contribution is 2.26. The SMILES string of the molecule is C#CC/C=C\C(=C/CCNC)Nc1nc(Nc2cccc(C(C)=O)c2)ncc1N=N. The third-order valence-electron chi connectivity index (χ3n) is 3.97. The number of hydrogen-bond donors (Lipinski definition) is 4. The van der Waals surface area contributed by atoms with Crippen molar-refractivity contribution in [2.45, 2.75) is 19.8 Å².